The van der Waals surface area contributed by atoms with Crippen molar-refractivity contribution in [3.8, 4) is 0 Å². The molecule has 21 heavy (non-hydrogen) atoms. The van der Waals surface area contributed by atoms with E-state index >= 15 is 0 Å². The molecule has 1 saturated heterocycles. The van der Waals surface area contributed by atoms with Gasteiger partial charge in [-0.1, -0.05) is 37.3 Å². The Bertz CT molecular complexity index is 625. The maximum absolute atomic E-state index is 12.4. The minimum atomic E-state index is -1.30. The molecule has 1 atom stereocenters. The van der Waals surface area contributed by atoms with Crippen molar-refractivity contribution in [2.75, 3.05) is 0 Å². The van der Waals surface area contributed by atoms with Gasteiger partial charge in [0.15, 0.2) is 4.67 Å². The smallest absolute Gasteiger partial charge is 0.266 e. The van der Waals surface area contributed by atoms with Gasteiger partial charge in [0.2, 0.25) is 0 Å². The number of amides is 1. The lowest BCUT2D eigenvalue weighted by atomic mass is 10.1. The fourth-order valence-electron chi connectivity index (χ4n) is 1.91. The number of carbonyl (C=O) groups excluding carboxylic acids is 2. The van der Waals surface area contributed by atoms with E-state index < -0.39 is 17.9 Å². The molecule has 0 saturated carbocycles. The molecule has 0 aliphatic carbocycles. The number of aliphatic carboxylic acids is 1. The molecule has 0 radical (unpaired) electrons. The minimum absolute atomic E-state index is 0.222. The van der Waals surface area contributed by atoms with Gasteiger partial charge in [0.25, 0.3) is 5.91 Å². The average Bonchev–Trinajstić information content (AvgIpc) is 2.93. The van der Waals surface area contributed by atoms with Gasteiger partial charge >= 0.3 is 0 Å². The highest BCUT2D eigenvalue weighted by atomic mass is 79.9. The molecule has 8 heteroatoms. The van der Waals surface area contributed by atoms with Crippen molar-refractivity contribution in [3.05, 3.63) is 27.5 Å². The molecular formula is C13H11BrNO4S2-. The summed E-state index contributed by atoms with van der Waals surface area (Å²) >= 11 is 9.36. The fourth-order valence-corrected chi connectivity index (χ4v) is 3.57. The zero-order chi connectivity index (χ0) is 15.6. The monoisotopic (exact) mass is 388 g/mol. The Morgan fingerprint density at radius 2 is 2.33 bits per heavy atom. The van der Waals surface area contributed by atoms with Crippen molar-refractivity contribution >= 4 is 62.2 Å². The first-order chi connectivity index (χ1) is 9.93. The normalized spacial score (nSPS) is 18.6. The topological polar surface area (TPSA) is 73.6 Å². The zero-order valence-corrected chi connectivity index (χ0v) is 14.2. The van der Waals surface area contributed by atoms with Gasteiger partial charge in [-0.2, -0.15) is 0 Å². The van der Waals surface area contributed by atoms with Crippen LogP contribution in [0, 0.1) is 0 Å². The first-order valence-electron chi connectivity index (χ1n) is 6.17. The predicted octanol–water partition coefficient (Wildman–Crippen LogP) is 2.16. The lowest BCUT2D eigenvalue weighted by molar-refractivity contribution is -0.310. The van der Waals surface area contributed by atoms with E-state index in [-0.39, 0.29) is 4.32 Å². The molecule has 0 bridgehead atoms. The van der Waals surface area contributed by atoms with Crippen molar-refractivity contribution in [2.45, 2.75) is 25.8 Å². The molecule has 0 N–H and O–H groups in total. The molecule has 2 rings (SSSR count). The van der Waals surface area contributed by atoms with E-state index in [9.17, 15) is 14.7 Å². The van der Waals surface area contributed by atoms with Crippen LogP contribution >= 0.6 is 39.9 Å². The first kappa shape index (κ1) is 16.3. The van der Waals surface area contributed by atoms with E-state index in [0.29, 0.717) is 28.2 Å². The molecule has 2 heterocycles. The molecule has 1 aromatic heterocycles. The zero-order valence-electron chi connectivity index (χ0n) is 11.0. The van der Waals surface area contributed by atoms with Crippen molar-refractivity contribution in [1.29, 1.82) is 0 Å². The number of thiocarbonyl (C=S) groups is 1. The van der Waals surface area contributed by atoms with Gasteiger partial charge in [-0.15, -0.1) is 0 Å². The average molecular weight is 389 g/mol. The quantitative estimate of drug-likeness (QED) is 0.568. The van der Waals surface area contributed by atoms with Gasteiger partial charge < -0.3 is 14.3 Å². The number of carbonyl (C=O) groups is 2. The largest absolute Gasteiger partial charge is 0.548 e. The molecule has 5 nitrogen and oxygen atoms in total. The van der Waals surface area contributed by atoms with Crippen LogP contribution in [0.5, 0.6) is 0 Å². The highest BCUT2D eigenvalue weighted by Crippen LogP contribution is 2.35. The van der Waals surface area contributed by atoms with Gasteiger partial charge in [-0.25, -0.2) is 0 Å². The Hall–Kier alpha value is -1.12. The van der Waals surface area contributed by atoms with Crippen LogP contribution < -0.4 is 5.11 Å². The number of hydrogen-bond acceptors (Lipinski definition) is 6. The summed E-state index contributed by atoms with van der Waals surface area (Å²) in [6.45, 7) is 1.84. The van der Waals surface area contributed by atoms with Crippen molar-refractivity contribution in [3.63, 3.8) is 0 Å². The highest BCUT2D eigenvalue weighted by molar-refractivity contribution is 9.10. The summed E-state index contributed by atoms with van der Waals surface area (Å²) in [7, 11) is 0. The third-order valence-corrected chi connectivity index (χ3v) is 4.59. The molecule has 1 amide bonds. The number of carboxylic acids is 1. The van der Waals surface area contributed by atoms with Crippen molar-refractivity contribution in [1.82, 2.24) is 4.90 Å². The van der Waals surface area contributed by atoms with E-state index in [1.165, 1.54) is 0 Å². The maximum Gasteiger partial charge on any atom is 0.266 e. The number of carboxylic acid groups (broad SMARTS) is 1. The molecule has 1 aliphatic heterocycles. The number of rotatable bonds is 5. The molecule has 112 valence electrons. The summed E-state index contributed by atoms with van der Waals surface area (Å²) in [5.74, 6) is -1.24. The number of hydrogen-bond donors (Lipinski definition) is 0. The Morgan fingerprint density at radius 3 is 2.86 bits per heavy atom. The van der Waals surface area contributed by atoms with Gasteiger partial charge in [0.1, 0.15) is 10.1 Å². The summed E-state index contributed by atoms with van der Waals surface area (Å²) in [5.41, 5.74) is 0. The summed E-state index contributed by atoms with van der Waals surface area (Å²) in [5, 5.41) is 11.2. The fraction of sp³-hybridized carbons (Fsp3) is 0.308. The number of furan rings is 1. The lowest BCUT2D eigenvalue weighted by Crippen LogP contribution is -2.49. The van der Waals surface area contributed by atoms with Gasteiger partial charge in [-0.3, -0.25) is 9.69 Å². The number of thioether (sulfide) groups is 1. The van der Waals surface area contributed by atoms with E-state index in [1.54, 1.807) is 18.2 Å². The Balaban J connectivity index is 2.27. The van der Waals surface area contributed by atoms with E-state index in [1.807, 2.05) is 6.92 Å². The predicted molar refractivity (Wildman–Crippen MR) is 85.1 cm³/mol. The lowest BCUT2D eigenvalue weighted by Gasteiger charge is -2.27. The van der Waals surface area contributed by atoms with Crippen LogP contribution in [-0.4, -0.2) is 27.1 Å². The van der Waals surface area contributed by atoms with Crippen LogP contribution in [-0.2, 0) is 9.59 Å². The third kappa shape index (κ3) is 3.56. The summed E-state index contributed by atoms with van der Waals surface area (Å²) in [6, 6.07) is 2.36. The second kappa shape index (κ2) is 6.76. The van der Waals surface area contributed by atoms with Gasteiger partial charge in [0.05, 0.1) is 16.9 Å². The van der Waals surface area contributed by atoms with Crippen LogP contribution in [0.1, 0.15) is 25.5 Å². The second-order valence-corrected chi connectivity index (χ2v) is 6.77. The van der Waals surface area contributed by atoms with Crippen LogP contribution in [0.4, 0.5) is 0 Å². The molecule has 1 aromatic rings. The maximum atomic E-state index is 12.4. The SMILES string of the molecule is CCC[C@@H](C(=O)[O-])N1C(=O)/C(=C\c2ccc(Br)o2)SC1=S. The van der Waals surface area contributed by atoms with Gasteiger partial charge in [-0.05, 0) is 34.5 Å². The highest BCUT2D eigenvalue weighted by Gasteiger charge is 2.37. The molecule has 1 aliphatic rings. The van der Waals surface area contributed by atoms with Crippen LogP contribution in [0.3, 0.4) is 0 Å². The second-order valence-electron chi connectivity index (χ2n) is 4.32. The number of halogens is 1. The summed E-state index contributed by atoms with van der Waals surface area (Å²) < 4.78 is 6.07. The summed E-state index contributed by atoms with van der Waals surface area (Å²) in [4.78, 5) is 25.0. The van der Waals surface area contributed by atoms with Crippen molar-refractivity contribution < 1.29 is 19.1 Å². The minimum Gasteiger partial charge on any atom is -0.548 e. The van der Waals surface area contributed by atoms with E-state index in [2.05, 4.69) is 15.9 Å². The van der Waals surface area contributed by atoms with Crippen LogP contribution in [0.2, 0.25) is 0 Å². The van der Waals surface area contributed by atoms with Crippen molar-refractivity contribution in [2.24, 2.45) is 0 Å². The third-order valence-electron chi connectivity index (χ3n) is 2.84. The van der Waals surface area contributed by atoms with E-state index in [0.717, 1.165) is 16.7 Å². The molecule has 0 unspecified atom stereocenters. The Kier molecular flexibility index (Phi) is 5.23. The van der Waals surface area contributed by atoms with Crippen LogP contribution in [0.25, 0.3) is 6.08 Å². The first-order valence-corrected chi connectivity index (χ1v) is 8.19. The van der Waals surface area contributed by atoms with E-state index in [4.69, 9.17) is 16.6 Å². The molecular weight excluding hydrogens is 378 g/mol. The van der Waals surface area contributed by atoms with Crippen LogP contribution in [0.15, 0.2) is 26.1 Å². The van der Waals surface area contributed by atoms with Gasteiger partial charge in [0, 0.05) is 6.08 Å². The molecule has 0 spiro atoms. The number of nitrogens with zero attached hydrogens (tertiary/aromatic N) is 1. The standard InChI is InChI=1S/C13H12BrNO4S2/c1-2-3-8(12(17)18)15-11(16)9(21-13(15)20)6-7-4-5-10(14)19-7/h4-6,8H,2-3H2,1H3,(H,17,18)/p-1/b9-6+/t8-/m0/s1. The Morgan fingerprint density at radius 1 is 1.62 bits per heavy atom. The molecule has 0 aromatic carbocycles. The summed E-state index contributed by atoms with van der Waals surface area (Å²) in [6.07, 6.45) is 2.45. The molecule has 1 fully saturated rings. The Labute approximate surface area is 139 Å².